The van der Waals surface area contributed by atoms with Crippen LogP contribution >= 0.6 is 0 Å². The molecule has 0 saturated carbocycles. The van der Waals surface area contributed by atoms with Crippen LogP contribution in [0.2, 0.25) is 0 Å². The summed E-state index contributed by atoms with van der Waals surface area (Å²) in [5.74, 6) is 3.16. The van der Waals surface area contributed by atoms with Gasteiger partial charge in [0.1, 0.15) is 5.41 Å². The van der Waals surface area contributed by atoms with Crippen molar-refractivity contribution in [1.82, 2.24) is 29.9 Å². The van der Waals surface area contributed by atoms with Gasteiger partial charge in [0.15, 0.2) is 34.9 Å². The molecule has 0 saturated heterocycles. The van der Waals surface area contributed by atoms with E-state index in [9.17, 15) is 0 Å². The van der Waals surface area contributed by atoms with Gasteiger partial charge in [-0.1, -0.05) is 267 Å². The largest absolute Gasteiger partial charge is 0.211 e. The first-order chi connectivity index (χ1) is 36.2. The fraction of sp³-hybridized carbons (Fsp3) is 0.0149. The predicted octanol–water partition coefficient (Wildman–Crippen LogP) is 15.8. The molecule has 0 bridgehead atoms. The molecule has 12 aromatic rings. The highest BCUT2D eigenvalue weighted by molar-refractivity contribution is 5.86. The van der Waals surface area contributed by atoms with Crippen LogP contribution in [0, 0.1) is 0 Å². The third-order valence-corrected chi connectivity index (χ3v) is 13.9. The summed E-state index contributed by atoms with van der Waals surface area (Å²) in [5.41, 5.74) is 15.2. The molecule has 2 heterocycles. The zero-order valence-electron chi connectivity index (χ0n) is 39.6. The molecule has 0 N–H and O–H groups in total. The first-order valence-corrected chi connectivity index (χ1v) is 24.5. The first-order valence-electron chi connectivity index (χ1n) is 24.5. The maximum Gasteiger partial charge on any atom is 0.163 e. The maximum atomic E-state index is 5.60. The number of nitrogens with zero attached hydrogens (tertiary/aromatic N) is 6. The van der Waals surface area contributed by atoms with Crippen molar-refractivity contribution in [3.05, 3.63) is 290 Å². The molecule has 342 valence electrons. The van der Waals surface area contributed by atoms with Gasteiger partial charge in [0.25, 0.3) is 0 Å². The minimum Gasteiger partial charge on any atom is -0.211 e. The van der Waals surface area contributed by atoms with Gasteiger partial charge in [-0.3, -0.25) is 0 Å². The lowest BCUT2D eigenvalue weighted by atomic mass is 9.76. The molecule has 0 fully saturated rings. The van der Waals surface area contributed by atoms with Crippen LogP contribution in [0.15, 0.2) is 267 Å². The summed E-state index contributed by atoms with van der Waals surface area (Å²) >= 11 is 0. The van der Waals surface area contributed by atoms with E-state index < -0.39 is 5.41 Å². The smallest absolute Gasteiger partial charge is 0.163 e. The average molecular weight is 933 g/mol. The Balaban J connectivity index is 1.06. The van der Waals surface area contributed by atoms with Crippen LogP contribution in [0.3, 0.4) is 0 Å². The average Bonchev–Trinajstić information content (AvgIpc) is 3.80. The van der Waals surface area contributed by atoms with Gasteiger partial charge in [0, 0.05) is 22.3 Å². The van der Waals surface area contributed by atoms with Crippen molar-refractivity contribution in [2.24, 2.45) is 0 Å². The molecular formula is C67H44N6. The van der Waals surface area contributed by atoms with Gasteiger partial charge in [-0.25, -0.2) is 29.9 Å². The molecule has 0 unspecified atom stereocenters. The fourth-order valence-corrected chi connectivity index (χ4v) is 10.2. The summed E-state index contributed by atoms with van der Waals surface area (Å²) in [7, 11) is 0. The molecule has 0 aliphatic heterocycles. The summed E-state index contributed by atoms with van der Waals surface area (Å²) in [5, 5.41) is 0. The number of benzene rings is 10. The second-order valence-electron chi connectivity index (χ2n) is 18.2. The van der Waals surface area contributed by atoms with E-state index in [4.69, 9.17) is 29.9 Å². The van der Waals surface area contributed by atoms with E-state index in [0.717, 1.165) is 89.0 Å². The third-order valence-electron chi connectivity index (χ3n) is 13.9. The summed E-state index contributed by atoms with van der Waals surface area (Å²) in [4.78, 5) is 33.0. The fourth-order valence-electron chi connectivity index (χ4n) is 10.2. The lowest BCUT2D eigenvalue weighted by Gasteiger charge is -2.30. The maximum absolute atomic E-state index is 5.60. The SMILES string of the molecule is c1ccc(-c2ccc(-c3nc(-c4ccc(-c5ccccc5)cc4)nc(C4(c5nc(-c6ccc(-c7ccccc7)cc6)nc(-c6ccc(-c7ccccc7)cc6)n5)c5ccccc5-c5ccccc54)n3)cc2)cc1. The van der Waals surface area contributed by atoms with Gasteiger partial charge in [-0.2, -0.15) is 0 Å². The summed E-state index contributed by atoms with van der Waals surface area (Å²) in [6.45, 7) is 0. The summed E-state index contributed by atoms with van der Waals surface area (Å²) < 4.78 is 0. The van der Waals surface area contributed by atoms with Crippen molar-refractivity contribution < 1.29 is 0 Å². The van der Waals surface area contributed by atoms with E-state index in [0.29, 0.717) is 34.9 Å². The van der Waals surface area contributed by atoms with Crippen molar-refractivity contribution in [3.8, 4) is 101 Å². The predicted molar refractivity (Wildman–Crippen MR) is 294 cm³/mol. The van der Waals surface area contributed by atoms with Gasteiger partial charge >= 0.3 is 0 Å². The molecule has 2 aromatic heterocycles. The van der Waals surface area contributed by atoms with Crippen LogP contribution in [0.25, 0.3) is 101 Å². The van der Waals surface area contributed by atoms with Crippen molar-refractivity contribution in [1.29, 1.82) is 0 Å². The molecule has 6 heteroatoms. The van der Waals surface area contributed by atoms with E-state index in [1.165, 1.54) is 0 Å². The zero-order valence-corrected chi connectivity index (χ0v) is 39.6. The topological polar surface area (TPSA) is 77.3 Å². The van der Waals surface area contributed by atoms with E-state index in [1.807, 2.05) is 24.3 Å². The molecule has 6 nitrogen and oxygen atoms in total. The Kier molecular flexibility index (Phi) is 11.0. The molecule has 0 radical (unpaired) electrons. The molecule has 13 rings (SSSR count). The first kappa shape index (κ1) is 43.3. The van der Waals surface area contributed by atoms with Gasteiger partial charge in [-0.05, 0) is 66.8 Å². The lowest BCUT2D eigenvalue weighted by molar-refractivity contribution is 0.639. The number of aromatic nitrogens is 6. The number of hydrogen-bond acceptors (Lipinski definition) is 6. The van der Waals surface area contributed by atoms with Gasteiger partial charge < -0.3 is 0 Å². The van der Waals surface area contributed by atoms with Crippen LogP contribution in [0.1, 0.15) is 22.8 Å². The lowest BCUT2D eigenvalue weighted by Crippen LogP contribution is -2.34. The second-order valence-corrected chi connectivity index (χ2v) is 18.2. The quantitative estimate of drug-likeness (QED) is 0.136. The zero-order chi connectivity index (χ0) is 48.6. The minimum atomic E-state index is -1.23. The Morgan fingerprint density at radius 3 is 0.644 bits per heavy atom. The van der Waals surface area contributed by atoms with Crippen LogP contribution in [-0.2, 0) is 5.41 Å². The molecule has 10 aromatic carbocycles. The van der Waals surface area contributed by atoms with Crippen molar-refractivity contribution in [2.75, 3.05) is 0 Å². The van der Waals surface area contributed by atoms with E-state index in [-0.39, 0.29) is 0 Å². The van der Waals surface area contributed by atoms with Gasteiger partial charge in [-0.15, -0.1) is 0 Å². The standard InChI is InChI=1S/C67H44N6/c1-5-17-45(18-6-1)49-29-37-53(38-30-49)61-68-62(54-39-31-50(32-40-54)46-19-7-2-8-20-46)71-65(70-61)67(59-27-15-13-25-57(59)58-26-14-16-28-60(58)67)66-72-63(55-41-33-51(34-42-55)47-21-9-3-10-22-47)69-64(73-66)56-43-35-52(36-44-56)48-23-11-4-12-24-48/h1-44H. The molecule has 1 aliphatic carbocycles. The Labute approximate surface area is 424 Å². The van der Waals surface area contributed by atoms with Crippen LogP contribution in [0.5, 0.6) is 0 Å². The van der Waals surface area contributed by atoms with Crippen molar-refractivity contribution >= 4 is 0 Å². The monoisotopic (exact) mass is 932 g/mol. The normalized spacial score (nSPS) is 12.2. The Bertz CT molecular complexity index is 3440. The van der Waals surface area contributed by atoms with E-state index in [2.05, 4.69) is 243 Å². The summed E-state index contributed by atoms with van der Waals surface area (Å²) in [6.07, 6.45) is 0. The van der Waals surface area contributed by atoms with Crippen LogP contribution in [0.4, 0.5) is 0 Å². The van der Waals surface area contributed by atoms with E-state index >= 15 is 0 Å². The highest BCUT2D eigenvalue weighted by Gasteiger charge is 2.52. The highest BCUT2D eigenvalue weighted by atomic mass is 15.1. The van der Waals surface area contributed by atoms with Crippen molar-refractivity contribution in [3.63, 3.8) is 0 Å². The number of hydrogen-bond donors (Lipinski definition) is 0. The van der Waals surface area contributed by atoms with Crippen molar-refractivity contribution in [2.45, 2.75) is 5.41 Å². The molecule has 0 atom stereocenters. The van der Waals surface area contributed by atoms with E-state index in [1.54, 1.807) is 0 Å². The summed E-state index contributed by atoms with van der Waals surface area (Å²) in [6, 6.07) is 92.6. The second kappa shape index (κ2) is 18.5. The van der Waals surface area contributed by atoms with Gasteiger partial charge in [0.05, 0.1) is 0 Å². The minimum absolute atomic E-state index is 0.506. The molecular weight excluding hydrogens is 889 g/mol. The Morgan fingerprint density at radius 1 is 0.178 bits per heavy atom. The Morgan fingerprint density at radius 2 is 0.384 bits per heavy atom. The molecule has 0 spiro atoms. The van der Waals surface area contributed by atoms with Crippen LogP contribution < -0.4 is 0 Å². The number of fused-ring (bicyclic) bond motifs is 3. The van der Waals surface area contributed by atoms with Crippen LogP contribution in [-0.4, -0.2) is 29.9 Å². The highest BCUT2D eigenvalue weighted by Crippen LogP contribution is 2.55. The molecule has 0 amide bonds. The number of rotatable bonds is 10. The molecule has 1 aliphatic rings. The van der Waals surface area contributed by atoms with Gasteiger partial charge in [0.2, 0.25) is 0 Å². The third kappa shape index (κ3) is 7.97. The Hall–Kier alpha value is -9.78. The molecule has 73 heavy (non-hydrogen) atoms.